The van der Waals surface area contributed by atoms with Crippen LogP contribution in [0.15, 0.2) is 18.2 Å². The van der Waals surface area contributed by atoms with E-state index in [0.717, 1.165) is 6.42 Å². The minimum Gasteiger partial charge on any atom is -0.504 e. The summed E-state index contributed by atoms with van der Waals surface area (Å²) in [6.45, 7) is 2.82. The van der Waals surface area contributed by atoms with E-state index < -0.39 is 0 Å². The number of aromatic hydroxyl groups is 1. The Hall–Kier alpha value is -1.18. The second kappa shape index (κ2) is 5.46. The molecule has 0 aliphatic heterocycles. The van der Waals surface area contributed by atoms with Crippen LogP contribution in [0.3, 0.4) is 0 Å². The summed E-state index contributed by atoms with van der Waals surface area (Å²) >= 11 is 0. The fraction of sp³-hybridized carbons (Fsp3) is 0.455. The molecule has 0 atom stereocenters. The number of ether oxygens (including phenoxy) is 1. The highest BCUT2D eigenvalue weighted by molar-refractivity contribution is 5.37. The molecule has 1 aromatic rings. The van der Waals surface area contributed by atoms with Crippen LogP contribution >= 0.6 is 0 Å². The zero-order chi connectivity index (χ0) is 9.52. The third-order valence-electron chi connectivity index (χ3n) is 1.81. The zero-order valence-electron chi connectivity index (χ0n) is 7.92. The highest BCUT2D eigenvalue weighted by Crippen LogP contribution is 2.24. The van der Waals surface area contributed by atoms with Gasteiger partial charge in [0.1, 0.15) is 0 Å². The molecule has 13 heavy (non-hydrogen) atoms. The van der Waals surface area contributed by atoms with Crippen LogP contribution in [0.5, 0.6) is 11.5 Å². The standard InChI is InChI=1S/C11H15O2/c1-2-3-6-9-13-11-8-5-4-7-10(11)12/h5,7-8,12H,2-3,6,9H2,1H3. The van der Waals surface area contributed by atoms with Crippen LogP contribution in [-0.2, 0) is 0 Å². The Morgan fingerprint density at radius 3 is 3.00 bits per heavy atom. The average Bonchev–Trinajstić information content (AvgIpc) is 2.15. The SMILES string of the molecule is CCCCCOc1cc[c]cc1O. The number of unbranched alkanes of at least 4 members (excludes halogenated alkanes) is 2. The number of rotatable bonds is 5. The molecule has 2 nitrogen and oxygen atoms in total. The molecule has 1 N–H and O–H groups in total. The largest absolute Gasteiger partial charge is 0.504 e. The summed E-state index contributed by atoms with van der Waals surface area (Å²) in [5.74, 6) is 0.717. The van der Waals surface area contributed by atoms with Crippen molar-refractivity contribution < 1.29 is 9.84 Å². The van der Waals surface area contributed by atoms with Gasteiger partial charge in [0.25, 0.3) is 0 Å². The lowest BCUT2D eigenvalue weighted by molar-refractivity contribution is 0.290. The van der Waals surface area contributed by atoms with Crippen molar-refractivity contribution in [3.05, 3.63) is 24.3 Å². The van der Waals surface area contributed by atoms with Gasteiger partial charge >= 0.3 is 0 Å². The third-order valence-corrected chi connectivity index (χ3v) is 1.81. The molecule has 0 saturated carbocycles. The quantitative estimate of drug-likeness (QED) is 0.704. The Morgan fingerprint density at radius 1 is 1.46 bits per heavy atom. The molecule has 1 rings (SSSR count). The van der Waals surface area contributed by atoms with E-state index in [1.807, 2.05) is 0 Å². The first kappa shape index (κ1) is 9.90. The maximum atomic E-state index is 9.31. The van der Waals surface area contributed by atoms with Gasteiger partial charge in [0.05, 0.1) is 6.61 Å². The van der Waals surface area contributed by atoms with E-state index in [-0.39, 0.29) is 5.75 Å². The van der Waals surface area contributed by atoms with Crippen molar-refractivity contribution >= 4 is 0 Å². The third kappa shape index (κ3) is 3.36. The molecule has 0 amide bonds. The minimum absolute atomic E-state index is 0.166. The van der Waals surface area contributed by atoms with E-state index in [1.54, 1.807) is 12.1 Å². The lowest BCUT2D eigenvalue weighted by atomic mass is 10.3. The van der Waals surface area contributed by atoms with Crippen LogP contribution in [0.25, 0.3) is 0 Å². The molecule has 0 unspecified atom stereocenters. The van der Waals surface area contributed by atoms with E-state index in [9.17, 15) is 5.11 Å². The summed E-state index contributed by atoms with van der Waals surface area (Å²) in [7, 11) is 0. The Kier molecular flexibility index (Phi) is 4.16. The van der Waals surface area contributed by atoms with E-state index in [0.29, 0.717) is 12.4 Å². The van der Waals surface area contributed by atoms with Gasteiger partial charge in [0.2, 0.25) is 0 Å². The highest BCUT2D eigenvalue weighted by Gasteiger charge is 1.98. The molecule has 0 aliphatic rings. The average molecular weight is 179 g/mol. The van der Waals surface area contributed by atoms with Crippen molar-refractivity contribution in [3.63, 3.8) is 0 Å². The minimum atomic E-state index is 0.166. The molecule has 0 aliphatic carbocycles. The fourth-order valence-electron chi connectivity index (χ4n) is 1.06. The summed E-state index contributed by atoms with van der Waals surface area (Å²) in [4.78, 5) is 0. The molecule has 0 spiro atoms. The molecule has 0 heterocycles. The van der Waals surface area contributed by atoms with Crippen LogP contribution in [0, 0.1) is 6.07 Å². The van der Waals surface area contributed by atoms with Gasteiger partial charge in [-0.3, -0.25) is 0 Å². The molecule has 0 saturated heterocycles. The van der Waals surface area contributed by atoms with Crippen molar-refractivity contribution in [2.24, 2.45) is 0 Å². The van der Waals surface area contributed by atoms with E-state index in [1.165, 1.54) is 18.9 Å². The van der Waals surface area contributed by atoms with E-state index in [2.05, 4.69) is 13.0 Å². The summed E-state index contributed by atoms with van der Waals surface area (Å²) < 4.78 is 5.37. The second-order valence-electron chi connectivity index (χ2n) is 2.95. The summed E-state index contributed by atoms with van der Waals surface area (Å²) in [6, 6.07) is 7.74. The van der Waals surface area contributed by atoms with Crippen molar-refractivity contribution in [1.82, 2.24) is 0 Å². The van der Waals surface area contributed by atoms with Gasteiger partial charge in [0, 0.05) is 0 Å². The number of phenols is 1. The maximum absolute atomic E-state index is 9.31. The first-order chi connectivity index (χ1) is 6.34. The summed E-state index contributed by atoms with van der Waals surface area (Å²) in [5, 5.41) is 9.31. The number of hydrogen-bond acceptors (Lipinski definition) is 2. The van der Waals surface area contributed by atoms with Gasteiger partial charge in [-0.1, -0.05) is 25.8 Å². The Bertz CT molecular complexity index is 246. The Balaban J connectivity index is 2.32. The van der Waals surface area contributed by atoms with Gasteiger partial charge in [0.15, 0.2) is 11.5 Å². The smallest absolute Gasteiger partial charge is 0.160 e. The van der Waals surface area contributed by atoms with E-state index >= 15 is 0 Å². The van der Waals surface area contributed by atoms with Crippen LogP contribution in [0.4, 0.5) is 0 Å². The molecule has 71 valence electrons. The Labute approximate surface area is 79.2 Å². The normalized spacial score (nSPS) is 9.92. The number of hydrogen-bond donors (Lipinski definition) is 1. The van der Waals surface area contributed by atoms with Crippen LogP contribution in [0.2, 0.25) is 0 Å². The Morgan fingerprint density at radius 2 is 2.31 bits per heavy atom. The van der Waals surface area contributed by atoms with Gasteiger partial charge in [-0.25, -0.2) is 0 Å². The molecule has 0 bridgehead atoms. The first-order valence-electron chi connectivity index (χ1n) is 4.66. The van der Waals surface area contributed by atoms with Crippen molar-refractivity contribution in [3.8, 4) is 11.5 Å². The van der Waals surface area contributed by atoms with Gasteiger partial charge < -0.3 is 9.84 Å². The lowest BCUT2D eigenvalue weighted by Gasteiger charge is -2.06. The fourth-order valence-corrected chi connectivity index (χ4v) is 1.06. The molecular formula is C11H15O2. The molecule has 2 heteroatoms. The maximum Gasteiger partial charge on any atom is 0.160 e. The topological polar surface area (TPSA) is 29.5 Å². The van der Waals surface area contributed by atoms with Crippen LogP contribution in [-0.4, -0.2) is 11.7 Å². The van der Waals surface area contributed by atoms with Crippen LogP contribution < -0.4 is 4.74 Å². The number of benzene rings is 1. The van der Waals surface area contributed by atoms with Crippen molar-refractivity contribution in [2.45, 2.75) is 26.2 Å². The molecule has 0 aromatic heterocycles. The summed E-state index contributed by atoms with van der Waals surface area (Å²) in [5.41, 5.74) is 0. The summed E-state index contributed by atoms with van der Waals surface area (Å²) in [6.07, 6.45) is 3.38. The van der Waals surface area contributed by atoms with Gasteiger partial charge in [-0.05, 0) is 24.6 Å². The number of phenolic OH excluding ortho intramolecular Hbond substituents is 1. The molecule has 0 fully saturated rings. The molecule has 1 radical (unpaired) electrons. The van der Waals surface area contributed by atoms with Crippen molar-refractivity contribution in [2.75, 3.05) is 6.61 Å². The van der Waals surface area contributed by atoms with E-state index in [4.69, 9.17) is 4.74 Å². The van der Waals surface area contributed by atoms with Gasteiger partial charge in [-0.2, -0.15) is 0 Å². The zero-order valence-corrected chi connectivity index (χ0v) is 7.92. The first-order valence-corrected chi connectivity index (χ1v) is 4.66. The van der Waals surface area contributed by atoms with Gasteiger partial charge in [-0.15, -0.1) is 0 Å². The predicted octanol–water partition coefficient (Wildman–Crippen LogP) is 2.76. The van der Waals surface area contributed by atoms with Crippen molar-refractivity contribution in [1.29, 1.82) is 0 Å². The predicted molar refractivity (Wildman–Crippen MR) is 52.0 cm³/mol. The second-order valence-corrected chi connectivity index (χ2v) is 2.95. The highest BCUT2D eigenvalue weighted by atomic mass is 16.5. The molecule has 1 aromatic carbocycles. The lowest BCUT2D eigenvalue weighted by Crippen LogP contribution is -1.96. The monoisotopic (exact) mass is 179 g/mol. The molecular weight excluding hydrogens is 164 g/mol. The van der Waals surface area contributed by atoms with Crippen LogP contribution in [0.1, 0.15) is 26.2 Å².